The maximum atomic E-state index is 9.70. The van der Waals surface area contributed by atoms with Crippen molar-refractivity contribution in [3.63, 3.8) is 0 Å². The highest BCUT2D eigenvalue weighted by atomic mass is 16.5. The minimum absolute atomic E-state index is 0.152. The van der Waals surface area contributed by atoms with Crippen LogP contribution in [-0.4, -0.2) is 55.5 Å². The molecule has 2 fully saturated rings. The largest absolute Gasteiger partial charge is 0.489 e. The molecule has 1 aromatic heterocycles. The van der Waals surface area contributed by atoms with Gasteiger partial charge in [-0.1, -0.05) is 12.1 Å². The summed E-state index contributed by atoms with van der Waals surface area (Å²) in [4.78, 5) is 11.6. The van der Waals surface area contributed by atoms with Crippen molar-refractivity contribution in [3.8, 4) is 23.1 Å². The number of benzene rings is 2. The number of morpholine rings is 1. The Hall–Kier alpha value is -3.47. The standard InChI is InChI=1S/C27H29N5O2/c28-19-22-18-21(3-6-26(22)34-24-7-10-29-11-8-24)25-9-12-30-27(31-25)17-20-1-4-23(5-2-20)32-13-15-33-16-14-32/h1-6,9,12,18,24,29H,7-8,10-11,13-17H2. The summed E-state index contributed by atoms with van der Waals surface area (Å²) in [5.41, 5.74) is 4.62. The number of rotatable bonds is 6. The van der Waals surface area contributed by atoms with Crippen LogP contribution in [0.1, 0.15) is 29.8 Å². The van der Waals surface area contributed by atoms with Gasteiger partial charge in [-0.3, -0.25) is 0 Å². The third-order valence-corrected chi connectivity index (χ3v) is 6.36. The van der Waals surface area contributed by atoms with E-state index in [0.717, 1.165) is 74.9 Å². The first-order chi connectivity index (χ1) is 16.8. The maximum Gasteiger partial charge on any atom is 0.137 e. The van der Waals surface area contributed by atoms with Gasteiger partial charge in [-0.25, -0.2) is 9.97 Å². The predicted molar refractivity (Wildman–Crippen MR) is 131 cm³/mol. The molecule has 3 heterocycles. The van der Waals surface area contributed by atoms with Crippen molar-refractivity contribution < 1.29 is 9.47 Å². The highest BCUT2D eigenvalue weighted by molar-refractivity contribution is 5.64. The molecule has 1 N–H and O–H groups in total. The molecule has 5 rings (SSSR count). The van der Waals surface area contributed by atoms with Crippen LogP contribution in [-0.2, 0) is 11.2 Å². The summed E-state index contributed by atoms with van der Waals surface area (Å²) in [5, 5.41) is 13.0. The Bertz CT molecular complexity index is 1150. The Morgan fingerprint density at radius 1 is 1.06 bits per heavy atom. The average molecular weight is 456 g/mol. The minimum Gasteiger partial charge on any atom is -0.489 e. The molecule has 2 aliphatic heterocycles. The SMILES string of the molecule is N#Cc1cc(-c2ccnc(Cc3ccc(N4CCOCC4)cc3)n2)ccc1OC1CCNCC1. The number of hydrogen-bond donors (Lipinski definition) is 1. The summed E-state index contributed by atoms with van der Waals surface area (Å²) in [6, 6.07) is 18.5. The van der Waals surface area contributed by atoms with E-state index in [1.807, 2.05) is 24.3 Å². The van der Waals surface area contributed by atoms with Gasteiger partial charge in [-0.15, -0.1) is 0 Å². The zero-order chi connectivity index (χ0) is 23.2. The number of nitriles is 1. The minimum atomic E-state index is 0.152. The van der Waals surface area contributed by atoms with Crippen molar-refractivity contribution in [1.29, 1.82) is 5.26 Å². The van der Waals surface area contributed by atoms with Gasteiger partial charge < -0.3 is 19.7 Å². The number of aromatic nitrogens is 2. The quantitative estimate of drug-likeness (QED) is 0.608. The van der Waals surface area contributed by atoms with Gasteiger partial charge in [0.15, 0.2) is 0 Å². The molecule has 2 saturated heterocycles. The van der Waals surface area contributed by atoms with Crippen LogP contribution in [0, 0.1) is 11.3 Å². The number of hydrogen-bond acceptors (Lipinski definition) is 7. The van der Waals surface area contributed by atoms with Crippen LogP contribution < -0.4 is 15.0 Å². The lowest BCUT2D eigenvalue weighted by molar-refractivity contribution is 0.122. The molecule has 0 atom stereocenters. The van der Waals surface area contributed by atoms with Crippen molar-refractivity contribution in [1.82, 2.24) is 15.3 Å². The summed E-state index contributed by atoms with van der Waals surface area (Å²) in [6.45, 7) is 5.31. The fourth-order valence-corrected chi connectivity index (χ4v) is 4.45. The second-order valence-corrected chi connectivity index (χ2v) is 8.69. The predicted octanol–water partition coefficient (Wildman–Crippen LogP) is 3.57. The number of anilines is 1. The van der Waals surface area contributed by atoms with E-state index in [1.165, 1.54) is 5.69 Å². The van der Waals surface area contributed by atoms with E-state index in [-0.39, 0.29) is 6.10 Å². The van der Waals surface area contributed by atoms with Gasteiger partial charge in [-0.05, 0) is 67.9 Å². The molecule has 0 radical (unpaired) electrons. The van der Waals surface area contributed by atoms with E-state index in [1.54, 1.807) is 6.20 Å². The Morgan fingerprint density at radius 2 is 1.85 bits per heavy atom. The first kappa shape index (κ1) is 22.3. The molecule has 0 amide bonds. The normalized spacial score (nSPS) is 16.7. The monoisotopic (exact) mass is 455 g/mol. The van der Waals surface area contributed by atoms with Gasteiger partial charge in [0.25, 0.3) is 0 Å². The molecule has 3 aromatic rings. The molecule has 7 nitrogen and oxygen atoms in total. The fraction of sp³-hybridized carbons (Fsp3) is 0.370. The van der Waals surface area contributed by atoms with Crippen molar-refractivity contribution in [2.24, 2.45) is 0 Å². The summed E-state index contributed by atoms with van der Waals surface area (Å²) in [5.74, 6) is 1.40. The van der Waals surface area contributed by atoms with Crippen LogP contribution in [0.2, 0.25) is 0 Å². The summed E-state index contributed by atoms with van der Waals surface area (Å²) in [6.07, 6.45) is 4.49. The van der Waals surface area contributed by atoms with Gasteiger partial charge in [0.1, 0.15) is 23.7 Å². The lowest BCUT2D eigenvalue weighted by atomic mass is 10.1. The van der Waals surface area contributed by atoms with Crippen LogP contribution in [0.5, 0.6) is 5.75 Å². The summed E-state index contributed by atoms with van der Waals surface area (Å²) >= 11 is 0. The molecular formula is C27H29N5O2. The second kappa shape index (κ2) is 10.6. The fourth-order valence-electron chi connectivity index (χ4n) is 4.45. The van der Waals surface area contributed by atoms with E-state index in [0.29, 0.717) is 17.7 Å². The lowest BCUT2D eigenvalue weighted by Crippen LogP contribution is -2.36. The van der Waals surface area contributed by atoms with Crippen LogP contribution in [0.3, 0.4) is 0 Å². The molecule has 0 unspecified atom stereocenters. The van der Waals surface area contributed by atoms with Crippen LogP contribution in [0.15, 0.2) is 54.7 Å². The number of nitrogens with zero attached hydrogens (tertiary/aromatic N) is 4. The van der Waals surface area contributed by atoms with E-state index in [2.05, 4.69) is 45.5 Å². The van der Waals surface area contributed by atoms with Crippen LogP contribution >= 0.6 is 0 Å². The number of piperidine rings is 1. The number of ether oxygens (including phenoxy) is 2. The maximum absolute atomic E-state index is 9.70. The van der Waals surface area contributed by atoms with Gasteiger partial charge in [0.2, 0.25) is 0 Å². The molecular weight excluding hydrogens is 426 g/mol. The smallest absolute Gasteiger partial charge is 0.137 e. The van der Waals surface area contributed by atoms with Crippen molar-refractivity contribution in [2.45, 2.75) is 25.4 Å². The second-order valence-electron chi connectivity index (χ2n) is 8.69. The molecule has 34 heavy (non-hydrogen) atoms. The van der Waals surface area contributed by atoms with E-state index in [4.69, 9.17) is 14.5 Å². The first-order valence-corrected chi connectivity index (χ1v) is 11.9. The van der Waals surface area contributed by atoms with Crippen LogP contribution in [0.4, 0.5) is 5.69 Å². The highest BCUT2D eigenvalue weighted by Crippen LogP contribution is 2.27. The van der Waals surface area contributed by atoms with Gasteiger partial charge in [-0.2, -0.15) is 5.26 Å². The van der Waals surface area contributed by atoms with Gasteiger partial charge >= 0.3 is 0 Å². The summed E-state index contributed by atoms with van der Waals surface area (Å²) in [7, 11) is 0. The number of nitrogens with one attached hydrogen (secondary N) is 1. The lowest BCUT2D eigenvalue weighted by Gasteiger charge is -2.28. The third-order valence-electron chi connectivity index (χ3n) is 6.36. The third kappa shape index (κ3) is 5.36. The van der Waals surface area contributed by atoms with E-state index < -0.39 is 0 Å². The molecule has 2 aromatic carbocycles. The summed E-state index contributed by atoms with van der Waals surface area (Å²) < 4.78 is 11.6. The van der Waals surface area contributed by atoms with Gasteiger partial charge in [0.05, 0.1) is 24.5 Å². The van der Waals surface area contributed by atoms with Crippen LogP contribution in [0.25, 0.3) is 11.3 Å². The first-order valence-electron chi connectivity index (χ1n) is 11.9. The molecule has 0 spiro atoms. The Labute approximate surface area is 200 Å². The van der Waals surface area contributed by atoms with E-state index >= 15 is 0 Å². The van der Waals surface area contributed by atoms with Crippen molar-refractivity contribution in [2.75, 3.05) is 44.3 Å². The molecule has 174 valence electrons. The van der Waals surface area contributed by atoms with Gasteiger partial charge in [0, 0.05) is 37.0 Å². The molecule has 7 heteroatoms. The molecule has 0 bridgehead atoms. The zero-order valence-electron chi connectivity index (χ0n) is 19.2. The Kier molecular flexibility index (Phi) is 6.99. The Balaban J connectivity index is 1.29. The topological polar surface area (TPSA) is 83.3 Å². The Morgan fingerprint density at radius 3 is 2.62 bits per heavy atom. The average Bonchev–Trinajstić information content (AvgIpc) is 2.91. The van der Waals surface area contributed by atoms with Crippen molar-refractivity contribution >= 4 is 5.69 Å². The molecule has 2 aliphatic rings. The molecule has 0 saturated carbocycles. The van der Waals surface area contributed by atoms with Crippen molar-refractivity contribution in [3.05, 3.63) is 71.7 Å². The molecule has 0 aliphatic carbocycles. The highest BCUT2D eigenvalue weighted by Gasteiger charge is 2.17. The van der Waals surface area contributed by atoms with E-state index in [9.17, 15) is 5.26 Å². The zero-order valence-corrected chi connectivity index (χ0v) is 19.2.